The Morgan fingerprint density at radius 2 is 2.20 bits per heavy atom. The molecule has 0 aromatic carbocycles. The maximum Gasteiger partial charge on any atom is 0.437 e. The third kappa shape index (κ3) is 2.65. The van der Waals surface area contributed by atoms with Crippen molar-refractivity contribution in [3.8, 4) is 11.5 Å². The number of nitrogens with zero attached hydrogens (tertiary/aromatic N) is 3. The molecule has 9 heteroatoms. The van der Waals surface area contributed by atoms with Gasteiger partial charge in [0, 0.05) is 13.2 Å². The van der Waals surface area contributed by atoms with Gasteiger partial charge in [0.1, 0.15) is 0 Å². The van der Waals surface area contributed by atoms with Crippen molar-refractivity contribution < 1.29 is 27.1 Å². The third-order valence-electron chi connectivity index (χ3n) is 2.31. The SMILES string of the molecule is CCOC(=O)c1oc(-c2cnn(C)c2)nc1C(F)(F)F. The molecule has 0 atom stereocenters. The van der Waals surface area contributed by atoms with E-state index in [0.29, 0.717) is 0 Å². The molecule has 0 unspecified atom stereocenters. The van der Waals surface area contributed by atoms with Gasteiger partial charge in [-0.3, -0.25) is 4.68 Å². The Bertz CT molecular complexity index is 630. The highest BCUT2D eigenvalue weighted by molar-refractivity contribution is 5.88. The van der Waals surface area contributed by atoms with Gasteiger partial charge in [0.25, 0.3) is 0 Å². The molecule has 0 saturated carbocycles. The van der Waals surface area contributed by atoms with E-state index in [2.05, 4.69) is 14.8 Å². The Hall–Kier alpha value is -2.32. The molecule has 0 aliphatic rings. The second-order valence-electron chi connectivity index (χ2n) is 3.82. The molecule has 0 aliphatic carbocycles. The van der Waals surface area contributed by atoms with Gasteiger partial charge in [0.15, 0.2) is 5.69 Å². The fourth-order valence-corrected chi connectivity index (χ4v) is 1.50. The van der Waals surface area contributed by atoms with E-state index in [9.17, 15) is 18.0 Å². The molecule has 0 radical (unpaired) electrons. The van der Waals surface area contributed by atoms with Crippen LogP contribution in [-0.2, 0) is 18.0 Å². The van der Waals surface area contributed by atoms with Crippen LogP contribution in [0.4, 0.5) is 13.2 Å². The average molecular weight is 289 g/mol. The van der Waals surface area contributed by atoms with Crippen LogP contribution in [0.15, 0.2) is 16.8 Å². The van der Waals surface area contributed by atoms with Crippen LogP contribution in [-0.4, -0.2) is 27.3 Å². The maximum atomic E-state index is 12.8. The zero-order valence-electron chi connectivity index (χ0n) is 10.6. The normalized spacial score (nSPS) is 11.7. The third-order valence-corrected chi connectivity index (χ3v) is 2.31. The van der Waals surface area contributed by atoms with Crippen LogP contribution >= 0.6 is 0 Å². The molecule has 2 heterocycles. The summed E-state index contributed by atoms with van der Waals surface area (Å²) in [7, 11) is 1.59. The number of carbonyl (C=O) groups is 1. The van der Waals surface area contributed by atoms with Gasteiger partial charge < -0.3 is 9.15 Å². The summed E-state index contributed by atoms with van der Waals surface area (Å²) >= 11 is 0. The van der Waals surface area contributed by atoms with Gasteiger partial charge in [-0.05, 0) is 6.92 Å². The number of aryl methyl sites for hydroxylation is 1. The van der Waals surface area contributed by atoms with Crippen molar-refractivity contribution in [2.75, 3.05) is 6.61 Å². The van der Waals surface area contributed by atoms with E-state index >= 15 is 0 Å². The van der Waals surface area contributed by atoms with Crippen molar-refractivity contribution in [1.82, 2.24) is 14.8 Å². The lowest BCUT2D eigenvalue weighted by Crippen LogP contribution is -2.14. The Morgan fingerprint density at radius 3 is 2.70 bits per heavy atom. The van der Waals surface area contributed by atoms with Crippen molar-refractivity contribution >= 4 is 5.97 Å². The summed E-state index contributed by atoms with van der Waals surface area (Å²) < 4.78 is 49.3. The van der Waals surface area contributed by atoms with Crippen LogP contribution in [0.1, 0.15) is 23.2 Å². The van der Waals surface area contributed by atoms with E-state index in [1.54, 1.807) is 7.05 Å². The average Bonchev–Trinajstić information content (AvgIpc) is 2.94. The van der Waals surface area contributed by atoms with Gasteiger partial charge in [0.2, 0.25) is 11.7 Å². The number of rotatable bonds is 3. The summed E-state index contributed by atoms with van der Waals surface area (Å²) in [6.07, 6.45) is -2.12. The van der Waals surface area contributed by atoms with Crippen molar-refractivity contribution in [2.45, 2.75) is 13.1 Å². The minimum atomic E-state index is -4.81. The Labute approximate surface area is 111 Å². The number of ether oxygens (including phenoxy) is 1. The molecule has 2 rings (SSSR count). The lowest BCUT2D eigenvalue weighted by atomic mass is 10.3. The topological polar surface area (TPSA) is 70.2 Å². The molecule has 0 amide bonds. The second kappa shape index (κ2) is 4.99. The number of hydrogen-bond donors (Lipinski definition) is 0. The highest BCUT2D eigenvalue weighted by Crippen LogP contribution is 2.34. The molecule has 0 N–H and O–H groups in total. The van der Waals surface area contributed by atoms with Gasteiger partial charge >= 0.3 is 12.1 Å². The summed E-state index contributed by atoms with van der Waals surface area (Å²) in [6.45, 7) is 1.41. The molecular formula is C11H10F3N3O3. The largest absolute Gasteiger partial charge is 0.460 e. The summed E-state index contributed by atoms with van der Waals surface area (Å²) in [5, 5.41) is 3.79. The number of hydrogen-bond acceptors (Lipinski definition) is 5. The van der Waals surface area contributed by atoms with Crippen LogP contribution in [0.3, 0.4) is 0 Å². The molecule has 0 fully saturated rings. The van der Waals surface area contributed by atoms with Gasteiger partial charge in [-0.2, -0.15) is 18.3 Å². The van der Waals surface area contributed by atoms with Gasteiger partial charge in [0.05, 0.1) is 18.4 Å². The summed E-state index contributed by atoms with van der Waals surface area (Å²) in [4.78, 5) is 14.8. The van der Waals surface area contributed by atoms with Crippen LogP contribution in [0.5, 0.6) is 0 Å². The summed E-state index contributed by atoms with van der Waals surface area (Å²) in [6, 6.07) is 0. The highest BCUT2D eigenvalue weighted by atomic mass is 19.4. The molecule has 20 heavy (non-hydrogen) atoms. The second-order valence-corrected chi connectivity index (χ2v) is 3.82. The number of alkyl halides is 3. The van der Waals surface area contributed by atoms with E-state index < -0.39 is 23.6 Å². The minimum Gasteiger partial charge on any atom is -0.460 e. The number of carbonyl (C=O) groups excluding carboxylic acids is 1. The Balaban J connectivity index is 2.50. The summed E-state index contributed by atoms with van der Waals surface area (Å²) in [5.41, 5.74) is -1.18. The molecule has 0 saturated heterocycles. The predicted molar refractivity (Wildman–Crippen MR) is 59.7 cm³/mol. The first-order valence-corrected chi connectivity index (χ1v) is 5.57. The molecule has 2 aromatic rings. The van der Waals surface area contributed by atoms with Gasteiger partial charge in [-0.15, -0.1) is 0 Å². The molecule has 2 aromatic heterocycles. The van der Waals surface area contributed by atoms with Crippen molar-refractivity contribution in [2.24, 2.45) is 7.05 Å². The van der Waals surface area contributed by atoms with Gasteiger partial charge in [-0.1, -0.05) is 0 Å². The van der Waals surface area contributed by atoms with E-state index in [-0.39, 0.29) is 18.1 Å². The maximum absolute atomic E-state index is 12.8. The molecular weight excluding hydrogens is 279 g/mol. The number of oxazole rings is 1. The van der Waals surface area contributed by atoms with Crippen molar-refractivity contribution in [1.29, 1.82) is 0 Å². The van der Waals surface area contributed by atoms with Crippen LogP contribution < -0.4 is 0 Å². The first kappa shape index (κ1) is 14.1. The number of halogens is 3. The number of esters is 1. The molecule has 6 nitrogen and oxygen atoms in total. The van der Waals surface area contributed by atoms with E-state index in [1.807, 2.05) is 0 Å². The zero-order valence-corrected chi connectivity index (χ0v) is 10.6. The predicted octanol–water partition coefficient (Wildman–Crippen LogP) is 2.27. The van der Waals surface area contributed by atoms with Crippen LogP contribution in [0, 0.1) is 0 Å². The fraction of sp³-hybridized carbons (Fsp3) is 0.364. The first-order valence-electron chi connectivity index (χ1n) is 5.57. The molecule has 0 spiro atoms. The number of aromatic nitrogens is 3. The van der Waals surface area contributed by atoms with Crippen molar-refractivity contribution in [3.05, 3.63) is 23.8 Å². The quantitative estimate of drug-likeness (QED) is 0.811. The minimum absolute atomic E-state index is 0.0704. The lowest BCUT2D eigenvalue weighted by molar-refractivity contribution is -0.141. The molecule has 0 bridgehead atoms. The summed E-state index contributed by atoms with van der Waals surface area (Å²) in [5.74, 6) is -2.51. The van der Waals surface area contributed by atoms with Gasteiger partial charge in [-0.25, -0.2) is 9.78 Å². The molecule has 0 aliphatic heterocycles. The lowest BCUT2D eigenvalue weighted by Gasteiger charge is -2.03. The van der Waals surface area contributed by atoms with Crippen LogP contribution in [0.2, 0.25) is 0 Å². The fourth-order valence-electron chi connectivity index (χ4n) is 1.50. The smallest absolute Gasteiger partial charge is 0.437 e. The van der Waals surface area contributed by atoms with E-state index in [0.717, 1.165) is 0 Å². The van der Waals surface area contributed by atoms with E-state index in [1.165, 1.54) is 24.0 Å². The monoisotopic (exact) mass is 289 g/mol. The first-order chi connectivity index (χ1) is 9.32. The Morgan fingerprint density at radius 1 is 1.50 bits per heavy atom. The Kier molecular flexibility index (Phi) is 3.51. The molecule has 108 valence electrons. The van der Waals surface area contributed by atoms with Crippen LogP contribution in [0.25, 0.3) is 11.5 Å². The van der Waals surface area contributed by atoms with E-state index in [4.69, 9.17) is 4.42 Å². The van der Waals surface area contributed by atoms with Crippen molar-refractivity contribution in [3.63, 3.8) is 0 Å². The zero-order chi connectivity index (χ0) is 14.9. The highest BCUT2D eigenvalue weighted by Gasteiger charge is 2.42. The standard InChI is InChI=1S/C11H10F3N3O3/c1-3-19-10(18)7-8(11(12,13)14)16-9(20-7)6-4-15-17(2)5-6/h4-5H,3H2,1-2H3.